The van der Waals surface area contributed by atoms with Crippen LogP contribution in [-0.4, -0.2) is 85.0 Å². The van der Waals surface area contributed by atoms with Crippen LogP contribution in [0.1, 0.15) is 22.3 Å². The maximum absolute atomic E-state index is 10.6. The fourth-order valence-electron chi connectivity index (χ4n) is 3.49. The lowest BCUT2D eigenvalue weighted by atomic mass is 10.2. The van der Waals surface area contributed by atoms with Gasteiger partial charge in [0.15, 0.2) is 0 Å². The lowest BCUT2D eigenvalue weighted by molar-refractivity contribution is -0.385. The van der Waals surface area contributed by atoms with Gasteiger partial charge in [-0.15, -0.1) is 10.2 Å². The number of nitro groups is 1. The third-order valence-corrected chi connectivity index (χ3v) is 7.92. The van der Waals surface area contributed by atoms with Gasteiger partial charge in [0, 0.05) is 17.7 Å². The number of nitro benzene ring substituents is 1. The molecule has 4 aromatic rings. The van der Waals surface area contributed by atoms with Crippen LogP contribution in [-0.2, 0) is 20.2 Å². The van der Waals surface area contributed by atoms with E-state index in [0.29, 0.717) is 11.5 Å². The third-order valence-electron chi connectivity index (χ3n) is 6.18. The predicted molar refractivity (Wildman–Crippen MR) is 205 cm³/mol. The van der Waals surface area contributed by atoms with Crippen molar-refractivity contribution in [3.8, 4) is 17.2 Å². The van der Waals surface area contributed by atoms with Crippen molar-refractivity contribution in [3.63, 3.8) is 0 Å². The van der Waals surface area contributed by atoms with Crippen LogP contribution < -0.4 is 31.9 Å². The molecule has 0 aromatic heterocycles. The highest BCUT2D eigenvalue weighted by Gasteiger charge is 2.12. The van der Waals surface area contributed by atoms with Crippen molar-refractivity contribution in [2.75, 3.05) is 14.2 Å². The van der Waals surface area contributed by atoms with Crippen molar-refractivity contribution in [3.05, 3.63) is 117 Å². The molecule has 0 aliphatic rings. The maximum atomic E-state index is 10.6. The Morgan fingerprint density at radius 3 is 1.48 bits per heavy atom. The second kappa shape index (κ2) is 23.2. The molecule has 0 heterocycles. The third kappa shape index (κ3) is 18.4. The number of methoxy groups -OCH3 is 2. The number of phenolic OH excluding ortho intramolecular Hbond substituents is 1. The van der Waals surface area contributed by atoms with Crippen molar-refractivity contribution in [1.82, 2.24) is 11.0 Å². The van der Waals surface area contributed by atoms with Gasteiger partial charge in [0.1, 0.15) is 17.2 Å². The summed E-state index contributed by atoms with van der Waals surface area (Å²) in [5.74, 6) is 0.570. The number of aromatic hydroxyl groups is 1. The molecule has 11 N–H and O–H groups in total. The highest BCUT2D eigenvalue weighted by molar-refractivity contribution is 7.86. The fourth-order valence-corrected chi connectivity index (χ4v) is 4.45. The number of hydrogen-bond donors (Lipinski definition) is 9. The van der Waals surface area contributed by atoms with Gasteiger partial charge < -0.3 is 26.0 Å². The van der Waals surface area contributed by atoms with Gasteiger partial charge in [0.2, 0.25) is 11.9 Å². The Labute approximate surface area is 320 Å². The largest absolute Gasteiger partial charge is 0.508 e. The molecule has 0 amide bonds. The number of hydroxylamine groups is 2. The molecule has 24 heteroatoms. The number of benzene rings is 4. The molecule has 0 saturated heterocycles. The topological polar surface area (TPSA) is 357 Å². The van der Waals surface area contributed by atoms with Gasteiger partial charge in [-0.25, -0.2) is 11.0 Å². The first kappa shape index (κ1) is 47.3. The van der Waals surface area contributed by atoms with E-state index in [2.05, 4.69) is 20.4 Å². The highest BCUT2D eigenvalue weighted by atomic mass is 32.2. The maximum Gasteiger partial charge on any atom is 0.294 e. The molecule has 0 spiro atoms. The van der Waals surface area contributed by atoms with Gasteiger partial charge in [-0.3, -0.25) is 29.6 Å². The zero-order chi connectivity index (χ0) is 42.5. The summed E-state index contributed by atoms with van der Waals surface area (Å²) >= 11 is 0. The molecule has 4 aromatic carbocycles. The summed E-state index contributed by atoms with van der Waals surface area (Å²) in [6.45, 7) is 3.68. The lowest BCUT2D eigenvalue weighted by Gasteiger charge is -2.04. The van der Waals surface area contributed by atoms with Gasteiger partial charge in [-0.1, -0.05) is 35.4 Å². The number of nitrogens with one attached hydrogen (secondary N) is 2. The standard InChI is InChI=1S/C10H14N4O3.C8H9N5O4.2C7H8O3S/c1-16-8-3-7(4-9(5-8)17-2)6-12-13-10(11)14-15;9-8(12-15)11-10-4-5-3-6(14)1-2-7(5)13(16)17;2*1-6-2-4-7(5-3-6)11(8,9)10/h3-6,15H,1-2H3,(H3,11,13,14);1-4,14-15H,(H3,9,11,12);2*2-5H,1H3,(H,8,9,10). The first-order valence-corrected chi connectivity index (χ1v) is 17.9. The van der Waals surface area contributed by atoms with Crippen LogP contribution in [0.25, 0.3) is 0 Å². The second-order valence-electron chi connectivity index (χ2n) is 10.4. The molecule has 56 heavy (non-hydrogen) atoms. The molecule has 4 rings (SSSR count). The van der Waals surface area contributed by atoms with Crippen LogP contribution in [0, 0.1) is 24.0 Å². The molecule has 22 nitrogen and oxygen atoms in total. The van der Waals surface area contributed by atoms with E-state index in [1.54, 1.807) is 62.2 Å². The molecular formula is C32H39N9O13S2. The number of nitrogens with two attached hydrogens (primary N) is 2. The van der Waals surface area contributed by atoms with Crippen molar-refractivity contribution in [2.45, 2.75) is 23.6 Å². The van der Waals surface area contributed by atoms with E-state index in [4.69, 9.17) is 40.5 Å². The van der Waals surface area contributed by atoms with E-state index in [1.165, 1.54) is 42.0 Å². The molecular weight excluding hydrogens is 783 g/mol. The van der Waals surface area contributed by atoms with Crippen molar-refractivity contribution in [2.24, 2.45) is 31.9 Å². The Morgan fingerprint density at radius 2 is 1.12 bits per heavy atom. The Hall–Kier alpha value is -6.70. The average Bonchev–Trinajstić information content (AvgIpc) is 3.14. The van der Waals surface area contributed by atoms with Crippen LogP contribution in [0.3, 0.4) is 0 Å². The second-order valence-corrected chi connectivity index (χ2v) is 13.2. The molecule has 0 aliphatic carbocycles. The highest BCUT2D eigenvalue weighted by Crippen LogP contribution is 2.22. The summed E-state index contributed by atoms with van der Waals surface area (Å²) in [6.07, 6.45) is 2.48. The summed E-state index contributed by atoms with van der Waals surface area (Å²) in [6, 6.07) is 20.7. The molecule has 0 radical (unpaired) electrons. The van der Waals surface area contributed by atoms with Crippen molar-refractivity contribution in [1.29, 1.82) is 0 Å². The number of phenols is 1. The summed E-state index contributed by atoms with van der Waals surface area (Å²) in [4.78, 5) is 9.88. The summed E-state index contributed by atoms with van der Waals surface area (Å²) in [7, 11) is -4.93. The van der Waals surface area contributed by atoms with Gasteiger partial charge in [0.05, 0.1) is 46.9 Å². The Balaban J connectivity index is 0.000000381. The first-order valence-electron chi connectivity index (χ1n) is 15.1. The molecule has 0 atom stereocenters. The Kier molecular flexibility index (Phi) is 19.6. The van der Waals surface area contributed by atoms with E-state index >= 15 is 0 Å². The van der Waals surface area contributed by atoms with E-state index in [1.807, 2.05) is 13.8 Å². The number of rotatable bonds is 9. The quantitative estimate of drug-likeness (QED) is 0.0385. The van der Waals surface area contributed by atoms with E-state index in [-0.39, 0.29) is 38.7 Å². The van der Waals surface area contributed by atoms with Gasteiger partial charge in [-0.2, -0.15) is 27.0 Å². The SMILES string of the molecule is COc1cc(C=NN=C(N)NO)cc(OC)c1.Cc1ccc(S(=O)(=O)O)cc1.Cc1ccc(S(=O)(=O)O)cc1.NC(=NN=Cc1cc(O)ccc1[N+](=O)[O-])NO. The Morgan fingerprint density at radius 1 is 0.714 bits per heavy atom. The van der Waals surface area contributed by atoms with Crippen molar-refractivity contribution < 1.29 is 55.9 Å². The molecule has 0 fully saturated rings. The molecule has 0 bridgehead atoms. The number of aryl methyl sites for hydroxylation is 2. The zero-order valence-electron chi connectivity index (χ0n) is 29.9. The fraction of sp³-hybridized carbons (Fsp3) is 0.125. The number of guanidine groups is 2. The lowest BCUT2D eigenvalue weighted by Crippen LogP contribution is -2.27. The van der Waals surface area contributed by atoms with Crippen LogP contribution in [0.5, 0.6) is 17.2 Å². The molecule has 0 unspecified atom stereocenters. The summed E-state index contributed by atoms with van der Waals surface area (Å²) in [5.41, 5.74) is 15.9. The minimum atomic E-state index is -4.02. The number of nitrogens with zero attached hydrogens (tertiary/aromatic N) is 5. The molecule has 0 saturated carbocycles. The average molecular weight is 822 g/mol. The van der Waals surface area contributed by atoms with Crippen molar-refractivity contribution >= 4 is 50.3 Å². The first-order chi connectivity index (χ1) is 26.2. The van der Waals surface area contributed by atoms with Crippen LogP contribution >= 0.6 is 0 Å². The van der Waals surface area contributed by atoms with Crippen LogP contribution in [0.15, 0.2) is 115 Å². The van der Waals surface area contributed by atoms with Gasteiger partial charge >= 0.3 is 0 Å². The number of hydrogen-bond acceptors (Lipinski definition) is 15. The zero-order valence-corrected chi connectivity index (χ0v) is 31.6. The smallest absolute Gasteiger partial charge is 0.294 e. The molecule has 302 valence electrons. The van der Waals surface area contributed by atoms with Crippen LogP contribution in [0.2, 0.25) is 0 Å². The summed E-state index contributed by atoms with van der Waals surface area (Å²) in [5, 5.41) is 50.3. The van der Waals surface area contributed by atoms with E-state index < -0.39 is 25.2 Å². The minimum absolute atomic E-state index is 0.0597. The number of ether oxygens (including phenoxy) is 2. The minimum Gasteiger partial charge on any atom is -0.508 e. The van der Waals surface area contributed by atoms with E-state index in [0.717, 1.165) is 35.0 Å². The summed E-state index contributed by atoms with van der Waals surface area (Å²) < 4.78 is 69.3. The van der Waals surface area contributed by atoms with E-state index in [9.17, 15) is 32.1 Å². The Bertz CT molecular complexity index is 2140. The van der Waals surface area contributed by atoms with Gasteiger partial charge in [0.25, 0.3) is 25.9 Å². The predicted octanol–water partition coefficient (Wildman–Crippen LogP) is 2.74. The monoisotopic (exact) mass is 821 g/mol. The molecule has 0 aliphatic heterocycles. The van der Waals surface area contributed by atoms with Gasteiger partial charge in [-0.05, 0) is 62.4 Å². The normalized spacial score (nSPS) is 11.6. The van der Waals surface area contributed by atoms with Crippen LogP contribution in [0.4, 0.5) is 5.69 Å².